The van der Waals surface area contributed by atoms with Crippen LogP contribution in [0.4, 0.5) is 0 Å². The van der Waals surface area contributed by atoms with Crippen LogP contribution in [0.15, 0.2) is 48.0 Å². The van der Waals surface area contributed by atoms with E-state index < -0.39 is 0 Å². The zero-order valence-electron chi connectivity index (χ0n) is 9.68. The normalized spacial score (nSPS) is 10.6. The average molecular weight is 307 g/mol. The molecular formula is C14H8Cl2N2S. The fourth-order valence-corrected chi connectivity index (χ4v) is 2.77. The fraction of sp³-hybridized carbons (Fsp3) is 0. The number of aromatic nitrogens is 2. The van der Waals surface area contributed by atoms with Crippen LogP contribution >= 0.6 is 34.5 Å². The molecule has 0 radical (unpaired) electrons. The lowest BCUT2D eigenvalue weighted by Crippen LogP contribution is -1.82. The molecule has 2 heterocycles. The minimum Gasteiger partial charge on any atom is -0.254 e. The first kappa shape index (κ1) is 12.6. The molecule has 94 valence electrons. The third-order valence-corrected chi connectivity index (χ3v) is 4.21. The minimum atomic E-state index is 0.534. The number of halogens is 2. The molecule has 0 saturated heterocycles. The van der Waals surface area contributed by atoms with E-state index in [9.17, 15) is 0 Å². The SMILES string of the molecule is Clc1ccc(-c2csc(-c3ccccn3)n2)cc1Cl. The highest BCUT2D eigenvalue weighted by molar-refractivity contribution is 7.13. The van der Waals surface area contributed by atoms with Crippen LogP contribution < -0.4 is 0 Å². The van der Waals surface area contributed by atoms with Gasteiger partial charge in [-0.05, 0) is 24.3 Å². The van der Waals surface area contributed by atoms with Gasteiger partial charge in [0.15, 0.2) is 0 Å². The first-order valence-electron chi connectivity index (χ1n) is 5.56. The van der Waals surface area contributed by atoms with Crippen LogP contribution in [-0.2, 0) is 0 Å². The Balaban J connectivity index is 1.99. The van der Waals surface area contributed by atoms with Gasteiger partial charge >= 0.3 is 0 Å². The summed E-state index contributed by atoms with van der Waals surface area (Å²) < 4.78 is 0. The van der Waals surface area contributed by atoms with E-state index >= 15 is 0 Å². The lowest BCUT2D eigenvalue weighted by atomic mass is 10.2. The maximum absolute atomic E-state index is 6.02. The molecular weight excluding hydrogens is 299 g/mol. The smallest absolute Gasteiger partial charge is 0.142 e. The summed E-state index contributed by atoms with van der Waals surface area (Å²) in [6.07, 6.45) is 1.76. The van der Waals surface area contributed by atoms with Crippen molar-refractivity contribution in [1.29, 1.82) is 0 Å². The Morgan fingerprint density at radius 1 is 0.947 bits per heavy atom. The van der Waals surface area contributed by atoms with Gasteiger partial charge in [0.1, 0.15) is 5.01 Å². The van der Waals surface area contributed by atoms with Crippen LogP contribution in [0.1, 0.15) is 0 Å². The molecule has 0 saturated carbocycles. The van der Waals surface area contributed by atoms with Gasteiger partial charge < -0.3 is 0 Å². The second kappa shape index (κ2) is 5.29. The molecule has 0 aliphatic rings. The van der Waals surface area contributed by atoms with Crippen LogP contribution in [0.3, 0.4) is 0 Å². The van der Waals surface area contributed by atoms with Crippen molar-refractivity contribution in [2.24, 2.45) is 0 Å². The summed E-state index contributed by atoms with van der Waals surface area (Å²) in [5.41, 5.74) is 2.70. The lowest BCUT2D eigenvalue weighted by molar-refractivity contribution is 1.29. The zero-order chi connectivity index (χ0) is 13.2. The van der Waals surface area contributed by atoms with Crippen molar-refractivity contribution >= 4 is 34.5 Å². The number of hydrogen-bond acceptors (Lipinski definition) is 3. The Bertz CT molecular complexity index is 710. The molecule has 5 heteroatoms. The van der Waals surface area contributed by atoms with E-state index in [1.165, 1.54) is 0 Å². The van der Waals surface area contributed by atoms with E-state index in [1.54, 1.807) is 23.6 Å². The third-order valence-electron chi connectivity index (χ3n) is 2.60. The van der Waals surface area contributed by atoms with Gasteiger partial charge in [-0.1, -0.05) is 35.3 Å². The zero-order valence-corrected chi connectivity index (χ0v) is 12.0. The number of pyridine rings is 1. The highest BCUT2D eigenvalue weighted by Gasteiger charge is 2.08. The summed E-state index contributed by atoms with van der Waals surface area (Å²) in [6, 6.07) is 11.3. The molecule has 0 unspecified atom stereocenters. The van der Waals surface area contributed by atoms with Gasteiger partial charge in [0.2, 0.25) is 0 Å². The van der Waals surface area contributed by atoms with Gasteiger partial charge in [0.05, 0.1) is 21.4 Å². The van der Waals surface area contributed by atoms with Crippen molar-refractivity contribution in [1.82, 2.24) is 9.97 Å². The summed E-state index contributed by atoms with van der Waals surface area (Å²) in [4.78, 5) is 8.86. The van der Waals surface area contributed by atoms with Gasteiger partial charge in [-0.3, -0.25) is 4.98 Å². The first-order chi connectivity index (χ1) is 9.24. The Kier molecular flexibility index (Phi) is 3.51. The van der Waals surface area contributed by atoms with Gasteiger partial charge in [0, 0.05) is 17.1 Å². The number of benzene rings is 1. The molecule has 0 aliphatic carbocycles. The molecule has 0 fully saturated rings. The predicted octanol–water partition coefficient (Wildman–Crippen LogP) is 5.18. The van der Waals surface area contributed by atoms with Crippen LogP contribution in [0.2, 0.25) is 10.0 Å². The Morgan fingerprint density at radius 2 is 1.84 bits per heavy atom. The largest absolute Gasteiger partial charge is 0.254 e. The standard InChI is InChI=1S/C14H8Cl2N2S/c15-10-5-4-9(7-11(10)16)13-8-19-14(18-13)12-3-1-2-6-17-12/h1-8H. The summed E-state index contributed by atoms with van der Waals surface area (Å²) in [5, 5.41) is 3.96. The van der Waals surface area contributed by atoms with Crippen molar-refractivity contribution < 1.29 is 0 Å². The highest BCUT2D eigenvalue weighted by Crippen LogP contribution is 2.31. The van der Waals surface area contributed by atoms with Crippen molar-refractivity contribution in [2.75, 3.05) is 0 Å². The number of nitrogens with zero attached hydrogens (tertiary/aromatic N) is 2. The molecule has 3 rings (SSSR count). The maximum atomic E-state index is 6.02. The van der Waals surface area contributed by atoms with E-state index in [1.807, 2.05) is 35.7 Å². The average Bonchev–Trinajstić information content (AvgIpc) is 2.93. The molecule has 0 amide bonds. The Morgan fingerprint density at radius 3 is 2.58 bits per heavy atom. The summed E-state index contributed by atoms with van der Waals surface area (Å²) in [7, 11) is 0. The van der Waals surface area contributed by atoms with Crippen LogP contribution in [0.25, 0.3) is 22.0 Å². The van der Waals surface area contributed by atoms with Crippen molar-refractivity contribution in [2.45, 2.75) is 0 Å². The molecule has 0 bridgehead atoms. The number of rotatable bonds is 2. The lowest BCUT2D eigenvalue weighted by Gasteiger charge is -1.99. The first-order valence-corrected chi connectivity index (χ1v) is 7.20. The Hall–Kier alpha value is -1.42. The second-order valence-corrected chi connectivity index (χ2v) is 5.55. The molecule has 1 aromatic carbocycles. The summed E-state index contributed by atoms with van der Waals surface area (Å²) >= 11 is 13.5. The quantitative estimate of drug-likeness (QED) is 0.652. The number of hydrogen-bond donors (Lipinski definition) is 0. The van der Waals surface area contributed by atoms with Gasteiger partial charge in [-0.2, -0.15) is 0 Å². The number of thiazole rings is 1. The maximum Gasteiger partial charge on any atom is 0.142 e. The van der Waals surface area contributed by atoms with E-state index in [-0.39, 0.29) is 0 Å². The Labute approximate surface area is 124 Å². The summed E-state index contributed by atoms with van der Waals surface area (Å²) in [6.45, 7) is 0. The van der Waals surface area contributed by atoms with Crippen LogP contribution in [0, 0.1) is 0 Å². The van der Waals surface area contributed by atoms with E-state index in [0.717, 1.165) is 22.0 Å². The molecule has 0 spiro atoms. The summed E-state index contributed by atoms with van der Waals surface area (Å²) in [5.74, 6) is 0. The minimum absolute atomic E-state index is 0.534. The molecule has 19 heavy (non-hydrogen) atoms. The van der Waals surface area contributed by atoms with E-state index in [0.29, 0.717) is 10.0 Å². The topological polar surface area (TPSA) is 25.8 Å². The molecule has 0 N–H and O–H groups in total. The molecule has 2 aromatic heterocycles. The fourth-order valence-electron chi connectivity index (χ4n) is 1.67. The van der Waals surface area contributed by atoms with Gasteiger partial charge in [-0.15, -0.1) is 11.3 Å². The second-order valence-electron chi connectivity index (χ2n) is 3.88. The highest BCUT2D eigenvalue weighted by atomic mass is 35.5. The molecule has 3 aromatic rings. The monoisotopic (exact) mass is 306 g/mol. The molecule has 2 nitrogen and oxygen atoms in total. The predicted molar refractivity (Wildman–Crippen MR) is 80.8 cm³/mol. The van der Waals surface area contributed by atoms with Gasteiger partial charge in [-0.25, -0.2) is 4.98 Å². The van der Waals surface area contributed by atoms with E-state index in [4.69, 9.17) is 23.2 Å². The van der Waals surface area contributed by atoms with Crippen LogP contribution in [0.5, 0.6) is 0 Å². The molecule has 0 atom stereocenters. The van der Waals surface area contributed by atoms with Gasteiger partial charge in [0.25, 0.3) is 0 Å². The van der Waals surface area contributed by atoms with Crippen molar-refractivity contribution in [3.63, 3.8) is 0 Å². The third kappa shape index (κ3) is 2.63. The van der Waals surface area contributed by atoms with Crippen molar-refractivity contribution in [3.05, 3.63) is 58.0 Å². The van der Waals surface area contributed by atoms with Crippen LogP contribution in [-0.4, -0.2) is 9.97 Å². The van der Waals surface area contributed by atoms with Crippen molar-refractivity contribution in [3.8, 4) is 22.0 Å². The van der Waals surface area contributed by atoms with E-state index in [2.05, 4.69) is 9.97 Å². The molecule has 0 aliphatic heterocycles.